The van der Waals surface area contributed by atoms with Crippen molar-refractivity contribution in [1.82, 2.24) is 29.9 Å². The number of pyridine rings is 4. The Bertz CT molecular complexity index is 2440. The fourth-order valence-electron chi connectivity index (χ4n) is 5.86. The number of rotatable bonds is 6. The summed E-state index contributed by atoms with van der Waals surface area (Å²) < 4.78 is 40.1. The van der Waals surface area contributed by atoms with Crippen LogP contribution in [0, 0.1) is 25.5 Å². The molecule has 6 heterocycles. The van der Waals surface area contributed by atoms with E-state index in [2.05, 4.69) is 29.9 Å². The van der Waals surface area contributed by atoms with Crippen molar-refractivity contribution in [2.24, 2.45) is 0 Å². The maximum absolute atomic E-state index is 15.1. The van der Waals surface area contributed by atoms with E-state index in [9.17, 15) is 4.39 Å². The molecule has 0 fully saturated rings. The maximum atomic E-state index is 15.1. The summed E-state index contributed by atoms with van der Waals surface area (Å²) in [7, 11) is 3.13. The van der Waals surface area contributed by atoms with Gasteiger partial charge in [-0.3, -0.25) is 19.9 Å². The van der Waals surface area contributed by atoms with Crippen molar-refractivity contribution in [3.8, 4) is 56.3 Å². The Kier molecular flexibility index (Phi) is 8.74. The minimum Gasteiger partial charge on any atom is -0.495 e. The van der Waals surface area contributed by atoms with E-state index in [0.29, 0.717) is 39.1 Å². The number of fused-ring (bicyclic) bond motifs is 2. The fourth-order valence-corrected chi connectivity index (χ4v) is 5.86. The SMILES string of the molecule is COc1cncc(-c2cc3cc(-c4ccnc(C)c4)[nH]c3cc2F)c1.COc1cncc(-c2ccc3[nH]c(-c4ccnc(C)c4)cc3c2F)c1. The van der Waals surface area contributed by atoms with Gasteiger partial charge in [0.25, 0.3) is 0 Å². The molecule has 0 aliphatic heterocycles. The topological polar surface area (TPSA) is 102 Å². The maximum Gasteiger partial charge on any atom is 0.140 e. The first kappa shape index (κ1) is 32.1. The zero-order valence-electron chi connectivity index (χ0n) is 27.8. The number of hydrogen-bond donors (Lipinski definition) is 2. The molecule has 0 amide bonds. The van der Waals surface area contributed by atoms with Crippen LogP contribution in [0.2, 0.25) is 0 Å². The van der Waals surface area contributed by atoms with Crippen molar-refractivity contribution >= 4 is 21.8 Å². The molecule has 248 valence electrons. The zero-order valence-corrected chi connectivity index (χ0v) is 27.8. The van der Waals surface area contributed by atoms with Crippen LogP contribution in [0.15, 0.2) is 110 Å². The van der Waals surface area contributed by atoms with Crippen LogP contribution in [0.1, 0.15) is 11.4 Å². The molecular weight excluding hydrogens is 634 g/mol. The van der Waals surface area contributed by atoms with Gasteiger partial charge in [0.2, 0.25) is 0 Å². The van der Waals surface area contributed by atoms with Crippen LogP contribution in [-0.4, -0.2) is 44.1 Å². The summed E-state index contributed by atoms with van der Waals surface area (Å²) >= 11 is 0. The lowest BCUT2D eigenvalue weighted by Crippen LogP contribution is -1.89. The van der Waals surface area contributed by atoms with Gasteiger partial charge in [0.05, 0.1) is 26.6 Å². The number of nitrogens with zero attached hydrogens (tertiary/aromatic N) is 4. The van der Waals surface area contributed by atoms with Gasteiger partial charge in [0.15, 0.2) is 0 Å². The van der Waals surface area contributed by atoms with Crippen molar-refractivity contribution < 1.29 is 18.3 Å². The Balaban J connectivity index is 0.000000157. The highest BCUT2D eigenvalue weighted by Gasteiger charge is 2.15. The van der Waals surface area contributed by atoms with Gasteiger partial charge < -0.3 is 19.4 Å². The predicted molar refractivity (Wildman–Crippen MR) is 192 cm³/mol. The van der Waals surface area contributed by atoms with Gasteiger partial charge in [0, 0.05) is 103 Å². The van der Waals surface area contributed by atoms with Crippen LogP contribution in [0.4, 0.5) is 8.78 Å². The van der Waals surface area contributed by atoms with E-state index in [0.717, 1.165) is 50.3 Å². The van der Waals surface area contributed by atoms with Gasteiger partial charge in [-0.15, -0.1) is 0 Å². The molecule has 6 aromatic heterocycles. The Hall–Kier alpha value is -6.42. The molecule has 10 heteroatoms. The summed E-state index contributed by atoms with van der Waals surface area (Å²) in [6.45, 7) is 3.88. The van der Waals surface area contributed by atoms with Gasteiger partial charge >= 0.3 is 0 Å². The highest BCUT2D eigenvalue weighted by molar-refractivity contribution is 5.91. The lowest BCUT2D eigenvalue weighted by Gasteiger charge is -2.06. The molecule has 50 heavy (non-hydrogen) atoms. The summed E-state index contributed by atoms with van der Waals surface area (Å²) in [5.74, 6) is 0.612. The van der Waals surface area contributed by atoms with Crippen molar-refractivity contribution in [3.05, 3.63) is 133 Å². The summed E-state index contributed by atoms with van der Waals surface area (Å²) in [6, 6.07) is 22.2. The lowest BCUT2D eigenvalue weighted by atomic mass is 10.0. The van der Waals surface area contributed by atoms with Crippen molar-refractivity contribution in [3.63, 3.8) is 0 Å². The van der Waals surface area contributed by atoms with Gasteiger partial charge in [-0.25, -0.2) is 8.78 Å². The standard InChI is InChI=1S/2C20H16FN3O/c1-12-5-13(3-4-23-12)19-8-14-7-17(18(21)9-20(14)24-19)15-6-16(25-2)11-22-10-15;1-12-7-13(5-6-23-12)19-9-17-18(24-19)4-3-16(20(17)21)14-8-15(25-2)11-22-10-14/h2*3-11,24H,1-2H3. The zero-order chi connectivity index (χ0) is 34.8. The van der Waals surface area contributed by atoms with E-state index in [-0.39, 0.29) is 11.6 Å². The molecule has 8 nitrogen and oxygen atoms in total. The molecule has 8 aromatic rings. The number of ether oxygens (including phenoxy) is 2. The van der Waals surface area contributed by atoms with Crippen LogP contribution in [-0.2, 0) is 0 Å². The Morgan fingerprint density at radius 3 is 1.74 bits per heavy atom. The van der Waals surface area contributed by atoms with Gasteiger partial charge in [-0.1, -0.05) is 0 Å². The monoisotopic (exact) mass is 666 g/mol. The molecule has 0 saturated carbocycles. The third-order valence-corrected chi connectivity index (χ3v) is 8.38. The molecule has 0 saturated heterocycles. The average Bonchev–Trinajstić information content (AvgIpc) is 3.77. The summed E-state index contributed by atoms with van der Waals surface area (Å²) in [5.41, 5.74) is 9.50. The number of aromatic nitrogens is 6. The highest BCUT2D eigenvalue weighted by Crippen LogP contribution is 2.34. The Labute approximate surface area is 286 Å². The molecule has 2 N–H and O–H groups in total. The van der Waals surface area contributed by atoms with Gasteiger partial charge in [0.1, 0.15) is 23.1 Å². The molecule has 0 aliphatic rings. The molecule has 0 aliphatic carbocycles. The molecule has 0 atom stereocenters. The lowest BCUT2D eigenvalue weighted by molar-refractivity contribution is 0.413. The van der Waals surface area contributed by atoms with E-state index in [1.54, 1.807) is 69.6 Å². The number of H-pyrrole nitrogens is 2. The van der Waals surface area contributed by atoms with Gasteiger partial charge in [-0.05, 0) is 86.6 Å². The number of nitrogens with one attached hydrogen (secondary N) is 2. The minimum absolute atomic E-state index is 0.277. The number of methoxy groups -OCH3 is 2. The molecule has 0 bridgehead atoms. The average molecular weight is 667 g/mol. The molecule has 0 radical (unpaired) electrons. The molecule has 8 rings (SSSR count). The van der Waals surface area contributed by atoms with Crippen LogP contribution < -0.4 is 9.47 Å². The summed E-state index contributed by atoms with van der Waals surface area (Å²) in [5, 5.41) is 1.48. The number of aromatic amines is 2. The Morgan fingerprint density at radius 1 is 0.560 bits per heavy atom. The van der Waals surface area contributed by atoms with Crippen molar-refractivity contribution in [2.45, 2.75) is 13.8 Å². The minimum atomic E-state index is -0.304. The second-order valence-electron chi connectivity index (χ2n) is 11.8. The smallest absolute Gasteiger partial charge is 0.140 e. The molecule has 0 spiro atoms. The first-order valence-electron chi connectivity index (χ1n) is 15.8. The van der Waals surface area contributed by atoms with Gasteiger partial charge in [-0.2, -0.15) is 0 Å². The van der Waals surface area contributed by atoms with Crippen molar-refractivity contribution in [1.29, 1.82) is 0 Å². The number of hydrogen-bond acceptors (Lipinski definition) is 6. The van der Waals surface area contributed by atoms with E-state index in [4.69, 9.17) is 9.47 Å². The number of benzene rings is 2. The predicted octanol–water partition coefficient (Wildman–Crippen LogP) is 9.50. The normalized spacial score (nSPS) is 11.0. The highest BCUT2D eigenvalue weighted by atomic mass is 19.1. The first-order valence-corrected chi connectivity index (χ1v) is 15.8. The molecular formula is C40H32F2N6O2. The first-order chi connectivity index (χ1) is 24.3. The quantitative estimate of drug-likeness (QED) is 0.183. The second-order valence-corrected chi connectivity index (χ2v) is 11.8. The Morgan fingerprint density at radius 2 is 1.14 bits per heavy atom. The fraction of sp³-hybridized carbons (Fsp3) is 0.100. The summed E-state index contributed by atoms with van der Waals surface area (Å²) in [4.78, 5) is 23.2. The summed E-state index contributed by atoms with van der Waals surface area (Å²) in [6.07, 6.45) is 9.98. The van der Waals surface area contributed by atoms with E-state index in [1.165, 1.54) is 6.07 Å². The van der Waals surface area contributed by atoms with Crippen molar-refractivity contribution in [2.75, 3.05) is 14.2 Å². The second kappa shape index (κ2) is 13.6. The van der Waals surface area contributed by atoms with Crippen LogP contribution in [0.3, 0.4) is 0 Å². The molecule has 0 unspecified atom stereocenters. The van der Waals surface area contributed by atoms with E-state index >= 15 is 4.39 Å². The molecule has 2 aromatic carbocycles. The third-order valence-electron chi connectivity index (χ3n) is 8.38. The number of halogens is 2. The van der Waals surface area contributed by atoms with Crippen LogP contribution in [0.5, 0.6) is 11.5 Å². The van der Waals surface area contributed by atoms with Crippen LogP contribution in [0.25, 0.3) is 66.6 Å². The number of aryl methyl sites for hydroxylation is 2. The van der Waals surface area contributed by atoms with Crippen LogP contribution >= 0.6 is 0 Å². The largest absolute Gasteiger partial charge is 0.495 e. The van der Waals surface area contributed by atoms with E-state index in [1.807, 2.05) is 62.4 Å². The third kappa shape index (κ3) is 6.51. The van der Waals surface area contributed by atoms with E-state index < -0.39 is 0 Å².